The average Bonchev–Trinajstić information content (AvgIpc) is 4.05. The smallest absolute Gasteiger partial charge is 0.317 e. The topological polar surface area (TPSA) is 177 Å². The van der Waals surface area contributed by atoms with E-state index in [9.17, 15) is 9.59 Å². The number of rotatable bonds is 18. The fourth-order valence-electron chi connectivity index (χ4n) is 8.33. The van der Waals surface area contributed by atoms with Gasteiger partial charge in [-0.3, -0.25) is 19.4 Å². The molecule has 0 fully saturated rings. The van der Waals surface area contributed by atoms with E-state index in [4.69, 9.17) is 40.3 Å². The molecule has 0 spiro atoms. The Morgan fingerprint density at radius 2 is 1.01 bits per heavy atom. The van der Waals surface area contributed by atoms with Gasteiger partial charge in [0.1, 0.15) is 0 Å². The molecule has 0 aliphatic heterocycles. The second-order valence-electron chi connectivity index (χ2n) is 17.2. The molecule has 8 rings (SSSR count). The van der Waals surface area contributed by atoms with Crippen molar-refractivity contribution in [2.24, 2.45) is 0 Å². The van der Waals surface area contributed by atoms with Gasteiger partial charge in [-0.1, -0.05) is 115 Å². The molecule has 14 nitrogen and oxygen atoms in total. The van der Waals surface area contributed by atoms with Crippen molar-refractivity contribution >= 4 is 23.5 Å². The molecule has 0 radical (unpaired) electrons. The number of methoxy groups -OCH3 is 2. The van der Waals surface area contributed by atoms with Gasteiger partial charge in [-0.05, 0) is 139 Å². The fourth-order valence-corrected chi connectivity index (χ4v) is 8.59. The minimum absolute atomic E-state index is 0.0112. The summed E-state index contributed by atoms with van der Waals surface area (Å²) >= 11 is 6.32. The number of nitrogens with zero attached hydrogens (tertiary/aromatic N) is 6. The summed E-state index contributed by atoms with van der Waals surface area (Å²) in [7, 11) is 6.87. The van der Waals surface area contributed by atoms with Crippen molar-refractivity contribution in [2.75, 3.05) is 41.4 Å². The molecule has 0 aliphatic rings. The second-order valence-corrected chi connectivity index (χ2v) is 17.7. The lowest BCUT2D eigenvalue weighted by Gasteiger charge is -2.14. The first-order chi connectivity index (χ1) is 34.7. The van der Waals surface area contributed by atoms with Gasteiger partial charge in [-0.2, -0.15) is 9.97 Å². The van der Waals surface area contributed by atoms with Crippen LogP contribution in [0.5, 0.6) is 0 Å². The highest BCUT2D eigenvalue weighted by Gasteiger charge is 2.19. The Kier molecular flexibility index (Phi) is 19.3. The van der Waals surface area contributed by atoms with Crippen molar-refractivity contribution in [3.63, 3.8) is 0 Å². The molecular weight excluding hydrogens is 932 g/mol. The molecule has 72 heavy (non-hydrogen) atoms. The molecule has 0 saturated heterocycles. The standard InChI is InChI=1S/C28H29N3O4.C27H26ClN3O4.C2H6/c1-18-7-5-6-8-23(18)25-12-10-21(14-22(25)17-34-4)28-29-27(30-35-28)24-11-9-20(13-19(24)2)15-31(3)16-26(32)33;1-17-6-4-5-7-23(17)24-9-8-19(12-21(24)16-34-3)27-29-26(30-35-27)20-10-18(11-22(28)13-20)14-31(2)15-25(32)33;1-2/h5-14H,15-17H2,1-4H3,(H,32,33);4-13H,14-16H2,1-3H3,(H,32,33);1-2H3. The van der Waals surface area contributed by atoms with Gasteiger partial charge in [0.15, 0.2) is 0 Å². The van der Waals surface area contributed by atoms with Crippen LogP contribution in [0.3, 0.4) is 0 Å². The lowest BCUT2D eigenvalue weighted by molar-refractivity contribution is -0.139. The lowest BCUT2D eigenvalue weighted by Crippen LogP contribution is -2.25. The maximum Gasteiger partial charge on any atom is 0.317 e. The summed E-state index contributed by atoms with van der Waals surface area (Å²) in [4.78, 5) is 34.6. The molecule has 0 amide bonds. The van der Waals surface area contributed by atoms with E-state index in [1.807, 2.05) is 99.6 Å². The maximum atomic E-state index is 11.0. The van der Waals surface area contributed by atoms with Crippen LogP contribution in [-0.2, 0) is 45.4 Å². The van der Waals surface area contributed by atoms with Crippen LogP contribution in [0.4, 0.5) is 0 Å². The molecule has 2 heterocycles. The zero-order chi connectivity index (χ0) is 51.9. The normalized spacial score (nSPS) is 11.0. The van der Waals surface area contributed by atoms with Gasteiger partial charge in [0.05, 0.1) is 26.3 Å². The van der Waals surface area contributed by atoms with Gasteiger partial charge in [0.25, 0.3) is 11.8 Å². The van der Waals surface area contributed by atoms with Gasteiger partial charge in [-0.25, -0.2) is 0 Å². The molecule has 0 saturated carbocycles. The van der Waals surface area contributed by atoms with E-state index in [1.165, 1.54) is 16.7 Å². The van der Waals surface area contributed by atoms with Crippen molar-refractivity contribution < 1.29 is 38.3 Å². The van der Waals surface area contributed by atoms with E-state index in [-0.39, 0.29) is 13.1 Å². The van der Waals surface area contributed by atoms with E-state index in [0.29, 0.717) is 60.3 Å². The predicted octanol–water partition coefficient (Wildman–Crippen LogP) is 12.1. The molecule has 2 aromatic heterocycles. The minimum atomic E-state index is -0.890. The molecule has 0 unspecified atom stereocenters. The van der Waals surface area contributed by atoms with Gasteiger partial charge < -0.3 is 28.7 Å². The van der Waals surface area contributed by atoms with Gasteiger partial charge in [-0.15, -0.1) is 0 Å². The van der Waals surface area contributed by atoms with E-state index in [2.05, 4.69) is 64.5 Å². The second kappa shape index (κ2) is 25.7. The third-order valence-electron chi connectivity index (χ3n) is 11.5. The largest absolute Gasteiger partial charge is 0.480 e. The van der Waals surface area contributed by atoms with Crippen LogP contribution < -0.4 is 0 Å². The maximum absolute atomic E-state index is 11.0. The van der Waals surface area contributed by atoms with Crippen molar-refractivity contribution in [3.05, 3.63) is 165 Å². The predicted molar refractivity (Wildman–Crippen MR) is 281 cm³/mol. The fraction of sp³-hybridized carbons (Fsp3) is 0.263. The van der Waals surface area contributed by atoms with Crippen molar-refractivity contribution in [1.82, 2.24) is 30.1 Å². The van der Waals surface area contributed by atoms with Crippen molar-refractivity contribution in [2.45, 2.75) is 60.9 Å². The summed E-state index contributed by atoms with van der Waals surface area (Å²) in [5.74, 6) is 0.0105. The number of hydrogen-bond acceptors (Lipinski definition) is 12. The number of aliphatic carboxylic acids is 2. The minimum Gasteiger partial charge on any atom is -0.480 e. The van der Waals surface area contributed by atoms with Crippen LogP contribution in [0.15, 0.2) is 130 Å². The zero-order valence-electron chi connectivity index (χ0n) is 42.2. The van der Waals surface area contributed by atoms with E-state index < -0.39 is 11.9 Å². The molecule has 0 bridgehead atoms. The highest BCUT2D eigenvalue weighted by Crippen LogP contribution is 2.34. The Morgan fingerprint density at radius 1 is 0.542 bits per heavy atom. The molecule has 15 heteroatoms. The average molecular weight is 994 g/mol. The molecule has 2 N–H and O–H groups in total. The Labute approximate surface area is 425 Å². The summed E-state index contributed by atoms with van der Waals surface area (Å²) in [6.07, 6.45) is 0. The summed E-state index contributed by atoms with van der Waals surface area (Å²) < 4.78 is 22.1. The van der Waals surface area contributed by atoms with Crippen LogP contribution >= 0.6 is 11.6 Å². The Morgan fingerprint density at radius 3 is 1.50 bits per heavy atom. The van der Waals surface area contributed by atoms with E-state index >= 15 is 0 Å². The lowest BCUT2D eigenvalue weighted by atomic mass is 9.94. The first kappa shape index (κ1) is 54.0. The van der Waals surface area contributed by atoms with Crippen molar-refractivity contribution in [1.29, 1.82) is 0 Å². The van der Waals surface area contributed by atoms with Crippen LogP contribution in [0.25, 0.3) is 67.9 Å². The number of aromatic nitrogens is 4. The number of carboxylic acids is 2. The first-order valence-corrected chi connectivity index (χ1v) is 23.8. The first-order valence-electron chi connectivity index (χ1n) is 23.4. The van der Waals surface area contributed by atoms with E-state index in [0.717, 1.165) is 61.2 Å². The number of benzene rings is 6. The monoisotopic (exact) mass is 992 g/mol. The van der Waals surface area contributed by atoms with Gasteiger partial charge >= 0.3 is 11.9 Å². The zero-order valence-corrected chi connectivity index (χ0v) is 43.0. The quantitative estimate of drug-likeness (QED) is 0.0830. The number of hydrogen-bond donors (Lipinski definition) is 2. The Hall–Kier alpha value is -7.33. The summed E-state index contributed by atoms with van der Waals surface area (Å²) in [5, 5.41) is 26.9. The highest BCUT2D eigenvalue weighted by molar-refractivity contribution is 6.31. The summed E-state index contributed by atoms with van der Waals surface area (Å²) in [6.45, 7) is 12.0. The summed E-state index contributed by atoms with van der Waals surface area (Å²) in [6, 6.07) is 40.0. The van der Waals surface area contributed by atoms with Crippen molar-refractivity contribution in [3.8, 4) is 67.9 Å². The third kappa shape index (κ3) is 14.2. The van der Waals surface area contributed by atoms with Crippen LogP contribution in [-0.4, -0.2) is 93.6 Å². The molecule has 8 aromatic rings. The number of aryl methyl sites for hydroxylation is 3. The number of ether oxygens (including phenoxy) is 2. The van der Waals surface area contributed by atoms with E-state index in [1.54, 1.807) is 50.2 Å². The SMILES string of the molecule is CC.COCc1cc(-c2nc(-c3cc(Cl)cc(CN(C)CC(=O)O)c3)no2)ccc1-c1ccccc1C.COCc1cc(-c2nc(-c3ccc(CN(C)CC(=O)O)cc3C)no2)ccc1-c1ccccc1C. The number of carboxylic acid groups (broad SMARTS) is 2. The number of likely N-dealkylation sites (N-methyl/N-ethyl adjacent to an activating group) is 2. The molecule has 0 aliphatic carbocycles. The van der Waals surface area contributed by atoms with Crippen LogP contribution in [0.2, 0.25) is 5.02 Å². The molecule has 0 atom stereocenters. The van der Waals surface area contributed by atoms with Gasteiger partial charge in [0, 0.05) is 54.6 Å². The summed E-state index contributed by atoms with van der Waals surface area (Å²) in [5.41, 5.74) is 15.0. The Balaban J connectivity index is 0.000000228. The third-order valence-corrected chi connectivity index (χ3v) is 11.7. The Bertz CT molecular complexity index is 3110. The van der Waals surface area contributed by atoms with Crippen LogP contribution in [0, 0.1) is 20.8 Å². The van der Waals surface area contributed by atoms with Gasteiger partial charge in [0.2, 0.25) is 11.6 Å². The highest BCUT2D eigenvalue weighted by atomic mass is 35.5. The molecular formula is C57H61ClN6O8. The number of halogens is 1. The molecule has 374 valence electrons. The molecule has 6 aromatic carbocycles. The number of carbonyl (C=O) groups is 2. The van der Waals surface area contributed by atoms with Crippen LogP contribution in [0.1, 0.15) is 52.8 Å².